The summed E-state index contributed by atoms with van der Waals surface area (Å²) in [6.45, 7) is 0.563. The number of benzene rings is 1. The molecule has 1 aliphatic carbocycles. The summed E-state index contributed by atoms with van der Waals surface area (Å²) in [5.41, 5.74) is 7.79. The third-order valence-electron chi connectivity index (χ3n) is 3.61. The Morgan fingerprint density at radius 3 is 2.56 bits per heavy atom. The normalized spacial score (nSPS) is 16.3. The molecule has 0 atom stereocenters. The van der Waals surface area contributed by atoms with E-state index < -0.39 is 0 Å². The highest BCUT2D eigenvalue weighted by Gasteiger charge is 2.21. The van der Waals surface area contributed by atoms with Gasteiger partial charge in [-0.2, -0.15) is 0 Å². The van der Waals surface area contributed by atoms with Crippen LogP contribution in [-0.4, -0.2) is 20.2 Å². The van der Waals surface area contributed by atoms with Gasteiger partial charge in [-0.25, -0.2) is 4.68 Å². The fourth-order valence-corrected chi connectivity index (χ4v) is 2.57. The van der Waals surface area contributed by atoms with Gasteiger partial charge in [0, 0.05) is 12.1 Å². The second-order valence-corrected chi connectivity index (χ2v) is 4.79. The second kappa shape index (κ2) is 4.86. The van der Waals surface area contributed by atoms with Crippen molar-refractivity contribution in [2.24, 2.45) is 5.73 Å². The molecule has 0 radical (unpaired) electrons. The van der Waals surface area contributed by atoms with E-state index in [1.807, 2.05) is 28.9 Å². The molecule has 1 aromatic carbocycles. The van der Waals surface area contributed by atoms with Crippen LogP contribution >= 0.6 is 0 Å². The maximum Gasteiger partial charge on any atom is 0.182 e. The van der Waals surface area contributed by atoms with Crippen molar-refractivity contribution in [2.75, 3.05) is 0 Å². The van der Waals surface area contributed by atoms with E-state index in [9.17, 15) is 0 Å². The molecule has 2 aromatic rings. The van der Waals surface area contributed by atoms with Gasteiger partial charge in [-0.15, -0.1) is 5.10 Å². The predicted molar refractivity (Wildman–Crippen MR) is 68.6 cm³/mol. The molecule has 1 aromatic heterocycles. The fraction of sp³-hybridized carbons (Fsp3) is 0.462. The summed E-state index contributed by atoms with van der Waals surface area (Å²) in [5, 5.41) is 12.1. The first kappa shape index (κ1) is 11.3. The zero-order valence-electron chi connectivity index (χ0n) is 10.3. The molecule has 0 amide bonds. The molecule has 0 saturated heterocycles. The average molecular weight is 243 g/mol. The van der Waals surface area contributed by atoms with Crippen molar-refractivity contribution < 1.29 is 0 Å². The molecule has 2 N–H and O–H groups in total. The lowest BCUT2D eigenvalue weighted by Crippen LogP contribution is -2.08. The minimum atomic E-state index is 0.462. The van der Waals surface area contributed by atoms with Crippen LogP contribution in [0.5, 0.6) is 0 Å². The lowest BCUT2D eigenvalue weighted by Gasteiger charge is -2.11. The molecular weight excluding hydrogens is 226 g/mol. The van der Waals surface area contributed by atoms with Gasteiger partial charge in [0.1, 0.15) is 0 Å². The van der Waals surface area contributed by atoms with Gasteiger partial charge in [0.25, 0.3) is 0 Å². The van der Waals surface area contributed by atoms with Gasteiger partial charge < -0.3 is 5.73 Å². The SMILES string of the molecule is NCc1ccc(-c2nnnn2C2CCCC2)cc1. The molecule has 0 aliphatic heterocycles. The van der Waals surface area contributed by atoms with Crippen molar-refractivity contribution >= 4 is 0 Å². The van der Waals surface area contributed by atoms with Crippen molar-refractivity contribution in [1.29, 1.82) is 0 Å². The summed E-state index contributed by atoms with van der Waals surface area (Å²) in [6, 6.07) is 8.61. The highest BCUT2D eigenvalue weighted by atomic mass is 15.5. The van der Waals surface area contributed by atoms with E-state index in [1.165, 1.54) is 25.7 Å². The zero-order chi connectivity index (χ0) is 12.4. The summed E-state index contributed by atoms with van der Waals surface area (Å²) in [4.78, 5) is 0. The van der Waals surface area contributed by atoms with Gasteiger partial charge in [-0.1, -0.05) is 37.1 Å². The molecule has 5 nitrogen and oxygen atoms in total. The van der Waals surface area contributed by atoms with Crippen molar-refractivity contribution in [3.05, 3.63) is 29.8 Å². The predicted octanol–water partition coefficient (Wildman–Crippen LogP) is 1.91. The number of aromatic nitrogens is 4. The average Bonchev–Trinajstić information content (AvgIpc) is 3.09. The van der Waals surface area contributed by atoms with Crippen LogP contribution in [0.4, 0.5) is 0 Å². The third kappa shape index (κ3) is 2.01. The zero-order valence-corrected chi connectivity index (χ0v) is 10.3. The van der Waals surface area contributed by atoms with Gasteiger partial charge in [-0.3, -0.25) is 0 Å². The molecule has 1 aliphatic rings. The van der Waals surface area contributed by atoms with Crippen LogP contribution in [0.2, 0.25) is 0 Å². The van der Waals surface area contributed by atoms with E-state index in [0.29, 0.717) is 12.6 Å². The molecule has 1 heterocycles. The molecule has 1 fully saturated rings. The largest absolute Gasteiger partial charge is 0.326 e. The standard InChI is InChI=1S/C13H17N5/c14-9-10-5-7-11(8-6-10)13-15-16-17-18(13)12-3-1-2-4-12/h5-8,12H,1-4,9,14H2. The monoisotopic (exact) mass is 243 g/mol. The quantitative estimate of drug-likeness (QED) is 0.894. The Bertz CT molecular complexity index is 510. The molecule has 3 rings (SSSR count). The van der Waals surface area contributed by atoms with Gasteiger partial charge in [0.05, 0.1) is 6.04 Å². The molecule has 0 bridgehead atoms. The maximum atomic E-state index is 5.60. The summed E-state index contributed by atoms with van der Waals surface area (Å²) >= 11 is 0. The maximum absolute atomic E-state index is 5.60. The minimum Gasteiger partial charge on any atom is -0.326 e. The van der Waals surface area contributed by atoms with E-state index in [-0.39, 0.29) is 0 Å². The van der Waals surface area contributed by atoms with Gasteiger partial charge in [0.2, 0.25) is 0 Å². The van der Waals surface area contributed by atoms with Gasteiger partial charge in [-0.05, 0) is 28.8 Å². The summed E-state index contributed by atoms with van der Waals surface area (Å²) < 4.78 is 1.98. The molecule has 94 valence electrons. The first-order chi connectivity index (χ1) is 8.88. The topological polar surface area (TPSA) is 69.6 Å². The molecule has 0 unspecified atom stereocenters. The number of hydrogen-bond acceptors (Lipinski definition) is 4. The smallest absolute Gasteiger partial charge is 0.182 e. The Balaban J connectivity index is 1.93. The lowest BCUT2D eigenvalue weighted by atomic mass is 10.1. The van der Waals surface area contributed by atoms with Crippen LogP contribution in [0.15, 0.2) is 24.3 Å². The van der Waals surface area contributed by atoms with Crippen molar-refractivity contribution in [3.8, 4) is 11.4 Å². The number of nitrogens with zero attached hydrogens (tertiary/aromatic N) is 4. The van der Waals surface area contributed by atoms with Gasteiger partial charge >= 0.3 is 0 Å². The number of rotatable bonds is 3. The van der Waals surface area contributed by atoms with Crippen LogP contribution in [0.1, 0.15) is 37.3 Å². The van der Waals surface area contributed by atoms with Crippen LogP contribution in [0.25, 0.3) is 11.4 Å². The van der Waals surface area contributed by atoms with E-state index in [2.05, 4.69) is 15.5 Å². The van der Waals surface area contributed by atoms with Crippen molar-refractivity contribution in [1.82, 2.24) is 20.2 Å². The van der Waals surface area contributed by atoms with Crippen molar-refractivity contribution in [3.63, 3.8) is 0 Å². The summed E-state index contributed by atoms with van der Waals surface area (Å²) in [7, 11) is 0. The van der Waals surface area contributed by atoms with Gasteiger partial charge in [0.15, 0.2) is 5.82 Å². The fourth-order valence-electron chi connectivity index (χ4n) is 2.57. The Morgan fingerprint density at radius 1 is 1.17 bits per heavy atom. The molecule has 18 heavy (non-hydrogen) atoms. The first-order valence-corrected chi connectivity index (χ1v) is 6.46. The van der Waals surface area contributed by atoms with Crippen LogP contribution in [-0.2, 0) is 6.54 Å². The number of hydrogen-bond donors (Lipinski definition) is 1. The third-order valence-corrected chi connectivity index (χ3v) is 3.61. The van der Waals surface area contributed by atoms with E-state index in [1.54, 1.807) is 0 Å². The molecule has 1 saturated carbocycles. The Kier molecular flexibility index (Phi) is 3.06. The van der Waals surface area contributed by atoms with E-state index in [4.69, 9.17) is 5.73 Å². The second-order valence-electron chi connectivity index (χ2n) is 4.79. The van der Waals surface area contributed by atoms with Crippen LogP contribution in [0, 0.1) is 0 Å². The lowest BCUT2D eigenvalue weighted by molar-refractivity contribution is 0.458. The van der Waals surface area contributed by atoms with Crippen LogP contribution in [0.3, 0.4) is 0 Å². The number of nitrogens with two attached hydrogens (primary N) is 1. The summed E-state index contributed by atoms with van der Waals surface area (Å²) in [5.74, 6) is 0.866. The first-order valence-electron chi connectivity index (χ1n) is 6.46. The minimum absolute atomic E-state index is 0.462. The molecular formula is C13H17N5. The van der Waals surface area contributed by atoms with E-state index in [0.717, 1.165) is 17.0 Å². The Labute approximate surface area is 106 Å². The van der Waals surface area contributed by atoms with E-state index >= 15 is 0 Å². The number of tetrazole rings is 1. The Morgan fingerprint density at radius 2 is 1.89 bits per heavy atom. The molecule has 0 spiro atoms. The highest BCUT2D eigenvalue weighted by Crippen LogP contribution is 2.31. The summed E-state index contributed by atoms with van der Waals surface area (Å²) in [6.07, 6.45) is 4.91. The Hall–Kier alpha value is -1.75. The molecule has 5 heteroatoms. The van der Waals surface area contributed by atoms with Crippen LogP contribution < -0.4 is 5.73 Å². The highest BCUT2D eigenvalue weighted by molar-refractivity contribution is 5.55. The van der Waals surface area contributed by atoms with Crippen molar-refractivity contribution in [2.45, 2.75) is 38.3 Å².